The van der Waals surface area contributed by atoms with Crippen molar-refractivity contribution in [2.75, 3.05) is 5.32 Å². The zero-order chi connectivity index (χ0) is 16.1. The van der Waals surface area contributed by atoms with Gasteiger partial charge >= 0.3 is 0 Å². The van der Waals surface area contributed by atoms with Crippen LogP contribution in [0.15, 0.2) is 42.5 Å². The Kier molecular flexibility index (Phi) is 5.21. The number of anilines is 1. The summed E-state index contributed by atoms with van der Waals surface area (Å²) in [6.45, 7) is 7.97. The summed E-state index contributed by atoms with van der Waals surface area (Å²) in [4.78, 5) is 12.5. The van der Waals surface area contributed by atoms with Gasteiger partial charge in [-0.15, -0.1) is 0 Å². The lowest BCUT2D eigenvalue weighted by molar-refractivity contribution is -0.122. The second kappa shape index (κ2) is 7.12. The lowest BCUT2D eigenvalue weighted by Crippen LogP contribution is -2.32. The standard InChI is InChI=1S/C19H23NO2/c1-5-17(22-18-12-8-10-13(2)15(18)4)19(21)20-16-11-7-6-9-14(16)3/h6-12,17H,5H2,1-4H3,(H,20,21). The number of nitrogens with one attached hydrogen (secondary N) is 1. The smallest absolute Gasteiger partial charge is 0.265 e. The summed E-state index contributed by atoms with van der Waals surface area (Å²) >= 11 is 0. The van der Waals surface area contributed by atoms with Gasteiger partial charge in [0.1, 0.15) is 5.75 Å². The molecule has 1 unspecified atom stereocenters. The first-order chi connectivity index (χ1) is 10.5. The maximum absolute atomic E-state index is 12.5. The minimum atomic E-state index is -0.500. The van der Waals surface area contributed by atoms with Gasteiger partial charge in [-0.05, 0) is 56.0 Å². The number of hydrogen-bond acceptors (Lipinski definition) is 2. The fraction of sp³-hybridized carbons (Fsp3) is 0.316. The highest BCUT2D eigenvalue weighted by molar-refractivity contribution is 5.95. The molecule has 22 heavy (non-hydrogen) atoms. The van der Waals surface area contributed by atoms with Crippen molar-refractivity contribution in [1.82, 2.24) is 0 Å². The molecular weight excluding hydrogens is 274 g/mol. The van der Waals surface area contributed by atoms with Crippen LogP contribution < -0.4 is 10.1 Å². The molecule has 3 nitrogen and oxygen atoms in total. The summed E-state index contributed by atoms with van der Waals surface area (Å²) in [5, 5.41) is 2.95. The Morgan fingerprint density at radius 3 is 2.41 bits per heavy atom. The fourth-order valence-corrected chi connectivity index (χ4v) is 2.25. The predicted octanol–water partition coefficient (Wildman–Crippen LogP) is 4.41. The number of para-hydroxylation sites is 1. The first-order valence-electron chi connectivity index (χ1n) is 7.62. The molecule has 116 valence electrons. The monoisotopic (exact) mass is 297 g/mol. The van der Waals surface area contributed by atoms with Crippen LogP contribution in [0.2, 0.25) is 0 Å². The second-order valence-corrected chi connectivity index (χ2v) is 5.52. The molecule has 0 aliphatic carbocycles. The molecule has 1 amide bonds. The Hall–Kier alpha value is -2.29. The molecule has 0 aromatic heterocycles. The molecule has 0 aliphatic rings. The van der Waals surface area contributed by atoms with Gasteiger partial charge in [-0.1, -0.05) is 37.3 Å². The van der Waals surface area contributed by atoms with Gasteiger partial charge < -0.3 is 10.1 Å². The van der Waals surface area contributed by atoms with E-state index in [0.29, 0.717) is 6.42 Å². The predicted molar refractivity (Wildman–Crippen MR) is 90.4 cm³/mol. The molecule has 3 heteroatoms. The molecule has 1 atom stereocenters. The highest BCUT2D eigenvalue weighted by Crippen LogP contribution is 2.23. The second-order valence-electron chi connectivity index (χ2n) is 5.52. The Morgan fingerprint density at radius 1 is 1.05 bits per heavy atom. The summed E-state index contributed by atoms with van der Waals surface area (Å²) in [6.07, 6.45) is 0.116. The van der Waals surface area contributed by atoms with Crippen molar-refractivity contribution in [2.45, 2.75) is 40.2 Å². The molecule has 0 spiro atoms. The van der Waals surface area contributed by atoms with E-state index in [2.05, 4.69) is 5.32 Å². The average molecular weight is 297 g/mol. The molecule has 2 rings (SSSR count). The number of amides is 1. The molecule has 0 bridgehead atoms. The Balaban J connectivity index is 2.13. The zero-order valence-electron chi connectivity index (χ0n) is 13.6. The first kappa shape index (κ1) is 16.1. The number of carbonyl (C=O) groups is 1. The van der Waals surface area contributed by atoms with Crippen molar-refractivity contribution in [3.05, 3.63) is 59.2 Å². The van der Waals surface area contributed by atoms with Crippen LogP contribution in [-0.2, 0) is 4.79 Å². The summed E-state index contributed by atoms with van der Waals surface area (Å²) in [6, 6.07) is 13.6. The molecule has 2 aromatic rings. The largest absolute Gasteiger partial charge is 0.480 e. The Bertz CT molecular complexity index is 664. The Morgan fingerprint density at radius 2 is 1.73 bits per heavy atom. The van der Waals surface area contributed by atoms with E-state index in [0.717, 1.165) is 28.1 Å². The molecule has 0 saturated carbocycles. The van der Waals surface area contributed by atoms with Gasteiger partial charge in [-0.25, -0.2) is 0 Å². The minimum Gasteiger partial charge on any atom is -0.480 e. The first-order valence-corrected chi connectivity index (χ1v) is 7.62. The van der Waals surface area contributed by atoms with E-state index < -0.39 is 6.10 Å². The number of aryl methyl sites for hydroxylation is 2. The molecule has 0 fully saturated rings. The molecule has 0 aliphatic heterocycles. The van der Waals surface area contributed by atoms with Crippen molar-refractivity contribution in [2.24, 2.45) is 0 Å². The lowest BCUT2D eigenvalue weighted by Gasteiger charge is -2.19. The molecule has 0 saturated heterocycles. The molecule has 0 radical (unpaired) electrons. The number of hydrogen-bond donors (Lipinski definition) is 1. The van der Waals surface area contributed by atoms with Crippen LogP contribution in [0, 0.1) is 20.8 Å². The summed E-state index contributed by atoms with van der Waals surface area (Å²) in [5.74, 6) is 0.657. The molecular formula is C19H23NO2. The van der Waals surface area contributed by atoms with Gasteiger partial charge in [-0.3, -0.25) is 4.79 Å². The van der Waals surface area contributed by atoms with Gasteiger partial charge in [0.05, 0.1) is 0 Å². The van der Waals surface area contributed by atoms with Gasteiger partial charge in [0, 0.05) is 5.69 Å². The highest BCUT2D eigenvalue weighted by Gasteiger charge is 2.20. The fourth-order valence-electron chi connectivity index (χ4n) is 2.25. The van der Waals surface area contributed by atoms with E-state index in [1.165, 1.54) is 0 Å². The average Bonchev–Trinajstić information content (AvgIpc) is 2.51. The maximum atomic E-state index is 12.5. The highest BCUT2D eigenvalue weighted by atomic mass is 16.5. The normalized spacial score (nSPS) is 11.8. The summed E-state index contributed by atoms with van der Waals surface area (Å²) < 4.78 is 5.94. The number of carbonyl (C=O) groups excluding carboxylic acids is 1. The SMILES string of the molecule is CCC(Oc1cccc(C)c1C)C(=O)Nc1ccccc1C. The van der Waals surface area contributed by atoms with Crippen LogP contribution in [0.3, 0.4) is 0 Å². The third-order valence-electron chi connectivity index (χ3n) is 3.89. The summed E-state index contributed by atoms with van der Waals surface area (Å²) in [7, 11) is 0. The number of benzene rings is 2. The van der Waals surface area contributed by atoms with Crippen molar-refractivity contribution in [3.8, 4) is 5.75 Å². The molecule has 1 N–H and O–H groups in total. The lowest BCUT2D eigenvalue weighted by atomic mass is 10.1. The topological polar surface area (TPSA) is 38.3 Å². The molecule has 0 heterocycles. The quantitative estimate of drug-likeness (QED) is 0.888. The maximum Gasteiger partial charge on any atom is 0.265 e. The van der Waals surface area contributed by atoms with Crippen LogP contribution in [-0.4, -0.2) is 12.0 Å². The van der Waals surface area contributed by atoms with Crippen LogP contribution in [0.5, 0.6) is 5.75 Å². The zero-order valence-corrected chi connectivity index (χ0v) is 13.6. The van der Waals surface area contributed by atoms with E-state index in [-0.39, 0.29) is 5.91 Å². The van der Waals surface area contributed by atoms with E-state index in [4.69, 9.17) is 4.74 Å². The van der Waals surface area contributed by atoms with Crippen LogP contribution in [0.25, 0.3) is 0 Å². The third-order valence-corrected chi connectivity index (χ3v) is 3.89. The summed E-state index contributed by atoms with van der Waals surface area (Å²) in [5.41, 5.74) is 4.10. The van der Waals surface area contributed by atoms with Crippen LogP contribution in [0.1, 0.15) is 30.0 Å². The van der Waals surface area contributed by atoms with Gasteiger partial charge in [-0.2, -0.15) is 0 Å². The van der Waals surface area contributed by atoms with Crippen LogP contribution in [0.4, 0.5) is 5.69 Å². The van der Waals surface area contributed by atoms with E-state index >= 15 is 0 Å². The van der Waals surface area contributed by atoms with Crippen molar-refractivity contribution in [3.63, 3.8) is 0 Å². The van der Waals surface area contributed by atoms with Gasteiger partial charge in [0.2, 0.25) is 0 Å². The molecule has 2 aromatic carbocycles. The van der Waals surface area contributed by atoms with Gasteiger partial charge in [0.25, 0.3) is 5.91 Å². The number of ether oxygens (including phenoxy) is 1. The van der Waals surface area contributed by atoms with E-state index in [9.17, 15) is 4.79 Å². The number of rotatable bonds is 5. The van der Waals surface area contributed by atoms with Gasteiger partial charge in [0.15, 0.2) is 6.10 Å². The van der Waals surface area contributed by atoms with Crippen LogP contribution >= 0.6 is 0 Å². The third kappa shape index (κ3) is 3.67. The minimum absolute atomic E-state index is 0.113. The van der Waals surface area contributed by atoms with E-state index in [1.54, 1.807) is 0 Å². The van der Waals surface area contributed by atoms with Crippen molar-refractivity contribution >= 4 is 11.6 Å². The van der Waals surface area contributed by atoms with Crippen molar-refractivity contribution in [1.29, 1.82) is 0 Å². The Labute approximate surface area is 132 Å². The van der Waals surface area contributed by atoms with Crippen molar-refractivity contribution < 1.29 is 9.53 Å². The van der Waals surface area contributed by atoms with E-state index in [1.807, 2.05) is 70.2 Å².